The molecule has 20 heavy (non-hydrogen) atoms. The first-order valence-corrected chi connectivity index (χ1v) is 8.47. The summed E-state index contributed by atoms with van der Waals surface area (Å²) in [6.07, 6.45) is 10.4. The standard InChI is InChI=1S/C15H22N4S/c1-18-12-2-3-13(18)7-10(6-12)14(16)8-11-9-19-4-5-20-15(19)17-11/h4-5,9-10,12-14H,2-3,6-8,16H2,1H3. The van der Waals surface area contributed by atoms with Crippen LogP contribution in [-0.2, 0) is 6.42 Å². The number of hydrogen-bond donors (Lipinski definition) is 1. The van der Waals surface area contributed by atoms with Crippen molar-refractivity contribution in [3.05, 3.63) is 23.5 Å². The zero-order chi connectivity index (χ0) is 13.7. The van der Waals surface area contributed by atoms with Gasteiger partial charge in [0.2, 0.25) is 0 Å². The van der Waals surface area contributed by atoms with E-state index in [1.165, 1.54) is 25.7 Å². The van der Waals surface area contributed by atoms with Crippen molar-refractivity contribution in [3.8, 4) is 0 Å². The minimum Gasteiger partial charge on any atom is -0.327 e. The minimum absolute atomic E-state index is 0.261. The molecule has 2 aromatic rings. The molecule has 0 aromatic carbocycles. The first-order chi connectivity index (χ1) is 9.70. The summed E-state index contributed by atoms with van der Waals surface area (Å²) in [5, 5.41) is 2.07. The van der Waals surface area contributed by atoms with E-state index in [9.17, 15) is 0 Å². The monoisotopic (exact) mass is 290 g/mol. The van der Waals surface area contributed by atoms with Gasteiger partial charge in [0.05, 0.1) is 5.69 Å². The smallest absolute Gasteiger partial charge is 0.193 e. The van der Waals surface area contributed by atoms with Crippen LogP contribution in [0.15, 0.2) is 17.8 Å². The van der Waals surface area contributed by atoms with Gasteiger partial charge in [-0.25, -0.2) is 4.98 Å². The average Bonchev–Trinajstić information content (AvgIpc) is 3.02. The predicted molar refractivity (Wildman–Crippen MR) is 82.0 cm³/mol. The maximum atomic E-state index is 6.50. The van der Waals surface area contributed by atoms with E-state index in [2.05, 4.69) is 39.1 Å². The number of fused-ring (bicyclic) bond motifs is 3. The maximum Gasteiger partial charge on any atom is 0.193 e. The third-order valence-electron chi connectivity index (χ3n) is 5.33. The molecule has 4 rings (SSSR count). The number of rotatable bonds is 3. The third kappa shape index (κ3) is 2.08. The van der Waals surface area contributed by atoms with Gasteiger partial charge in [0.25, 0.3) is 0 Å². The van der Waals surface area contributed by atoms with E-state index in [-0.39, 0.29) is 6.04 Å². The van der Waals surface area contributed by atoms with Gasteiger partial charge in [0.1, 0.15) is 0 Å². The van der Waals surface area contributed by atoms with Crippen molar-refractivity contribution < 1.29 is 0 Å². The van der Waals surface area contributed by atoms with Gasteiger partial charge in [-0.15, -0.1) is 11.3 Å². The minimum atomic E-state index is 0.261. The lowest BCUT2D eigenvalue weighted by Crippen LogP contribution is -2.46. The number of aromatic nitrogens is 2. The summed E-state index contributed by atoms with van der Waals surface area (Å²) < 4.78 is 2.10. The Morgan fingerprint density at radius 2 is 2.15 bits per heavy atom. The van der Waals surface area contributed by atoms with Gasteiger partial charge in [-0.1, -0.05) is 0 Å². The van der Waals surface area contributed by atoms with Crippen LogP contribution in [0.4, 0.5) is 0 Å². The molecule has 2 bridgehead atoms. The Bertz CT molecular complexity index is 561. The molecule has 108 valence electrons. The van der Waals surface area contributed by atoms with E-state index >= 15 is 0 Å². The lowest BCUT2D eigenvalue weighted by molar-refractivity contribution is 0.120. The van der Waals surface area contributed by atoms with E-state index in [1.54, 1.807) is 11.3 Å². The van der Waals surface area contributed by atoms with Crippen LogP contribution in [0.3, 0.4) is 0 Å². The van der Waals surface area contributed by atoms with E-state index in [0.717, 1.165) is 29.2 Å². The molecule has 2 fully saturated rings. The van der Waals surface area contributed by atoms with E-state index in [1.807, 2.05) is 0 Å². The highest BCUT2D eigenvalue weighted by Crippen LogP contribution is 2.38. The van der Waals surface area contributed by atoms with Gasteiger partial charge < -0.3 is 10.6 Å². The Morgan fingerprint density at radius 3 is 2.85 bits per heavy atom. The Labute approximate surface area is 123 Å². The Balaban J connectivity index is 1.45. The maximum absolute atomic E-state index is 6.50. The van der Waals surface area contributed by atoms with Crippen LogP contribution < -0.4 is 5.73 Å². The second-order valence-corrected chi connectivity index (χ2v) is 7.35. The largest absolute Gasteiger partial charge is 0.327 e. The van der Waals surface area contributed by atoms with Gasteiger partial charge in [-0.05, 0) is 38.6 Å². The molecule has 4 heterocycles. The zero-order valence-electron chi connectivity index (χ0n) is 11.9. The number of nitrogens with two attached hydrogens (primary N) is 1. The number of piperidine rings is 1. The molecule has 0 spiro atoms. The number of thiazole rings is 1. The van der Waals surface area contributed by atoms with E-state index in [0.29, 0.717) is 5.92 Å². The van der Waals surface area contributed by atoms with Crippen LogP contribution in [-0.4, -0.2) is 39.5 Å². The lowest BCUT2D eigenvalue weighted by Gasteiger charge is -2.38. The topological polar surface area (TPSA) is 46.6 Å². The first-order valence-electron chi connectivity index (χ1n) is 7.59. The number of imidazole rings is 1. The van der Waals surface area contributed by atoms with Crippen molar-refractivity contribution in [3.63, 3.8) is 0 Å². The molecule has 0 radical (unpaired) electrons. The van der Waals surface area contributed by atoms with Crippen molar-refractivity contribution >= 4 is 16.3 Å². The van der Waals surface area contributed by atoms with Crippen LogP contribution in [0.1, 0.15) is 31.4 Å². The molecule has 2 saturated heterocycles. The molecule has 2 aliphatic rings. The molecular formula is C15H22N4S. The molecule has 2 aromatic heterocycles. The molecule has 3 unspecified atom stereocenters. The predicted octanol–water partition coefficient (Wildman–Crippen LogP) is 2.14. The zero-order valence-corrected chi connectivity index (χ0v) is 12.7. The van der Waals surface area contributed by atoms with Crippen molar-refractivity contribution in [2.45, 2.75) is 50.2 Å². The highest BCUT2D eigenvalue weighted by molar-refractivity contribution is 7.15. The van der Waals surface area contributed by atoms with E-state index < -0.39 is 0 Å². The average molecular weight is 290 g/mol. The third-order valence-corrected chi connectivity index (χ3v) is 6.10. The van der Waals surface area contributed by atoms with Crippen LogP contribution in [0.2, 0.25) is 0 Å². The summed E-state index contributed by atoms with van der Waals surface area (Å²) >= 11 is 1.69. The molecular weight excluding hydrogens is 268 g/mol. The normalized spacial score (nSPS) is 32.0. The molecule has 5 heteroatoms. The van der Waals surface area contributed by atoms with Gasteiger partial charge >= 0.3 is 0 Å². The first kappa shape index (κ1) is 12.8. The lowest BCUT2D eigenvalue weighted by atomic mass is 9.84. The highest BCUT2D eigenvalue weighted by atomic mass is 32.1. The van der Waals surface area contributed by atoms with Crippen LogP contribution >= 0.6 is 11.3 Å². The summed E-state index contributed by atoms with van der Waals surface area (Å²) in [6.45, 7) is 0. The van der Waals surface area contributed by atoms with Gasteiger partial charge in [0.15, 0.2) is 4.96 Å². The summed E-state index contributed by atoms with van der Waals surface area (Å²) in [6, 6.07) is 1.81. The molecule has 4 nitrogen and oxygen atoms in total. The summed E-state index contributed by atoms with van der Waals surface area (Å²) in [5.41, 5.74) is 7.65. The van der Waals surface area contributed by atoms with Crippen molar-refractivity contribution in [2.75, 3.05) is 7.05 Å². The van der Waals surface area contributed by atoms with Gasteiger partial charge in [0, 0.05) is 42.3 Å². The summed E-state index contributed by atoms with van der Waals surface area (Å²) in [5.74, 6) is 0.670. The fourth-order valence-corrected chi connectivity index (χ4v) is 4.80. The van der Waals surface area contributed by atoms with Crippen molar-refractivity contribution in [2.24, 2.45) is 11.7 Å². The van der Waals surface area contributed by atoms with Crippen LogP contribution in [0.5, 0.6) is 0 Å². The van der Waals surface area contributed by atoms with Crippen molar-refractivity contribution in [1.29, 1.82) is 0 Å². The second kappa shape index (κ2) is 4.83. The fraction of sp³-hybridized carbons (Fsp3) is 0.667. The van der Waals surface area contributed by atoms with Crippen LogP contribution in [0, 0.1) is 5.92 Å². The highest BCUT2D eigenvalue weighted by Gasteiger charge is 2.40. The number of nitrogens with zero attached hydrogens (tertiary/aromatic N) is 3. The Kier molecular flexibility index (Phi) is 3.09. The van der Waals surface area contributed by atoms with Crippen LogP contribution in [0.25, 0.3) is 4.96 Å². The Morgan fingerprint density at radius 1 is 1.40 bits per heavy atom. The molecule has 2 N–H and O–H groups in total. The molecule has 3 atom stereocenters. The van der Waals surface area contributed by atoms with E-state index in [4.69, 9.17) is 5.73 Å². The SMILES string of the molecule is CN1C2CCC1CC(C(N)Cc1cn3ccsc3n1)C2. The quantitative estimate of drug-likeness (QED) is 0.942. The molecule has 2 aliphatic heterocycles. The Hall–Kier alpha value is -0.910. The van der Waals surface area contributed by atoms with Gasteiger partial charge in [-0.3, -0.25) is 4.40 Å². The summed E-state index contributed by atoms with van der Waals surface area (Å²) in [7, 11) is 2.29. The molecule has 0 amide bonds. The number of hydrogen-bond acceptors (Lipinski definition) is 4. The molecule has 0 saturated carbocycles. The second-order valence-electron chi connectivity index (χ2n) is 6.48. The fourth-order valence-electron chi connectivity index (χ4n) is 4.09. The molecule has 0 aliphatic carbocycles. The summed E-state index contributed by atoms with van der Waals surface area (Å²) in [4.78, 5) is 8.33. The van der Waals surface area contributed by atoms with Gasteiger partial charge in [-0.2, -0.15) is 0 Å². The van der Waals surface area contributed by atoms with Crippen molar-refractivity contribution in [1.82, 2.24) is 14.3 Å².